The Hall–Kier alpha value is -2.90. The molecule has 0 aliphatic heterocycles. The highest BCUT2D eigenvalue weighted by atomic mass is 16.2. The molecule has 0 fully saturated rings. The molecule has 2 rings (SSSR count). The Balaban J connectivity index is 2.25. The van der Waals surface area contributed by atoms with Gasteiger partial charge < -0.3 is 0 Å². The van der Waals surface area contributed by atoms with E-state index in [4.69, 9.17) is 0 Å². The molecule has 0 atom stereocenters. The van der Waals surface area contributed by atoms with Crippen molar-refractivity contribution in [3.8, 4) is 0 Å². The average molecular weight is 304 g/mol. The van der Waals surface area contributed by atoms with Gasteiger partial charge in [0.1, 0.15) is 0 Å². The maximum Gasteiger partial charge on any atom is 0.328 e. The van der Waals surface area contributed by atoms with Crippen LogP contribution in [-0.2, 0) is 13.1 Å². The van der Waals surface area contributed by atoms with Crippen LogP contribution in [0.15, 0.2) is 43.7 Å². The molecule has 0 bridgehead atoms. The number of nitrogens with zero attached hydrogens (tertiary/aromatic N) is 2. The highest BCUT2D eigenvalue weighted by molar-refractivity contribution is 5.06. The van der Waals surface area contributed by atoms with Gasteiger partial charge in [-0.15, -0.1) is 0 Å². The van der Waals surface area contributed by atoms with Crippen molar-refractivity contribution in [2.45, 2.75) is 26.9 Å². The van der Waals surface area contributed by atoms with Crippen LogP contribution < -0.4 is 22.5 Å². The van der Waals surface area contributed by atoms with Crippen molar-refractivity contribution in [2.75, 3.05) is 0 Å². The Labute approximate surface area is 124 Å². The van der Waals surface area contributed by atoms with Crippen molar-refractivity contribution < 1.29 is 0 Å². The van der Waals surface area contributed by atoms with Gasteiger partial charge in [0.25, 0.3) is 11.1 Å². The summed E-state index contributed by atoms with van der Waals surface area (Å²) in [6.07, 6.45) is 2.88. The minimum atomic E-state index is -0.540. The quantitative estimate of drug-likeness (QED) is 0.725. The number of hydrogen-bond acceptors (Lipinski definition) is 4. The molecule has 2 aromatic heterocycles. The summed E-state index contributed by atoms with van der Waals surface area (Å²) < 4.78 is 2.62. The predicted molar refractivity (Wildman–Crippen MR) is 81.3 cm³/mol. The average Bonchev–Trinajstić information content (AvgIpc) is 2.42. The molecule has 0 aromatic carbocycles. The first kappa shape index (κ1) is 15.5. The maximum atomic E-state index is 11.7. The Bertz CT molecular complexity index is 881. The molecule has 116 valence electrons. The van der Waals surface area contributed by atoms with E-state index < -0.39 is 22.5 Å². The van der Waals surface area contributed by atoms with Crippen LogP contribution in [0, 0.1) is 13.8 Å². The zero-order valence-electron chi connectivity index (χ0n) is 12.3. The number of H-pyrrole nitrogens is 2. The van der Waals surface area contributed by atoms with Gasteiger partial charge in [-0.3, -0.25) is 28.7 Å². The van der Waals surface area contributed by atoms with Crippen molar-refractivity contribution in [2.24, 2.45) is 0 Å². The molecule has 0 aliphatic carbocycles. The van der Waals surface area contributed by atoms with Crippen molar-refractivity contribution in [1.82, 2.24) is 19.1 Å². The van der Waals surface area contributed by atoms with Gasteiger partial charge in [-0.25, -0.2) is 9.59 Å². The summed E-state index contributed by atoms with van der Waals surface area (Å²) in [7, 11) is 0. The van der Waals surface area contributed by atoms with Gasteiger partial charge in [0.15, 0.2) is 0 Å². The third kappa shape index (κ3) is 3.22. The molecule has 0 spiro atoms. The first-order valence-corrected chi connectivity index (χ1v) is 6.55. The number of aromatic nitrogens is 4. The first-order chi connectivity index (χ1) is 10.3. The van der Waals surface area contributed by atoms with E-state index >= 15 is 0 Å². The molecule has 22 heavy (non-hydrogen) atoms. The van der Waals surface area contributed by atoms with Crippen LogP contribution in [0.5, 0.6) is 0 Å². The fourth-order valence-corrected chi connectivity index (χ4v) is 2.00. The molecule has 8 heteroatoms. The van der Waals surface area contributed by atoms with E-state index in [2.05, 4.69) is 16.5 Å². The zero-order chi connectivity index (χ0) is 16.4. The number of aromatic amines is 2. The standard InChI is InChI=1S/C14H16N4O4/c1-8(4-17-6-9(2)11(19)15-13(17)21)5-18-7-10(3)12(20)16-14(18)22/h6-7H,1,4-5H2,2-3H3,(H,15,19,21)(H,16,20,22). The lowest BCUT2D eigenvalue weighted by Gasteiger charge is -2.11. The van der Waals surface area contributed by atoms with Gasteiger partial charge in [-0.05, 0) is 19.4 Å². The molecule has 0 amide bonds. The normalized spacial score (nSPS) is 10.6. The molecule has 0 radical (unpaired) electrons. The molecule has 0 aliphatic rings. The lowest BCUT2D eigenvalue weighted by Crippen LogP contribution is -2.33. The predicted octanol–water partition coefficient (Wildman–Crippen LogP) is -0.740. The summed E-state index contributed by atoms with van der Waals surface area (Å²) in [5, 5.41) is 0. The van der Waals surface area contributed by atoms with Crippen LogP contribution >= 0.6 is 0 Å². The summed E-state index contributed by atoms with van der Waals surface area (Å²) in [5.74, 6) is 0. The molecule has 0 saturated carbocycles. The van der Waals surface area contributed by atoms with E-state index in [1.165, 1.54) is 21.5 Å². The molecule has 0 saturated heterocycles. The van der Waals surface area contributed by atoms with Gasteiger partial charge >= 0.3 is 11.4 Å². The molecular weight excluding hydrogens is 288 g/mol. The van der Waals surface area contributed by atoms with Gasteiger partial charge in [0.2, 0.25) is 0 Å². The van der Waals surface area contributed by atoms with Gasteiger partial charge in [-0.2, -0.15) is 0 Å². The van der Waals surface area contributed by atoms with Crippen LogP contribution in [0.25, 0.3) is 0 Å². The maximum absolute atomic E-state index is 11.7. The van der Waals surface area contributed by atoms with E-state index in [9.17, 15) is 19.2 Å². The second-order valence-electron chi connectivity index (χ2n) is 5.15. The number of rotatable bonds is 4. The van der Waals surface area contributed by atoms with E-state index in [0.29, 0.717) is 16.7 Å². The lowest BCUT2D eigenvalue weighted by molar-refractivity contribution is 0.630. The van der Waals surface area contributed by atoms with Crippen molar-refractivity contribution in [3.63, 3.8) is 0 Å². The highest BCUT2D eigenvalue weighted by Gasteiger charge is 2.06. The van der Waals surface area contributed by atoms with Crippen molar-refractivity contribution in [3.05, 3.63) is 77.3 Å². The van der Waals surface area contributed by atoms with Gasteiger partial charge in [0, 0.05) is 36.6 Å². The van der Waals surface area contributed by atoms with Gasteiger partial charge in [-0.1, -0.05) is 6.58 Å². The first-order valence-electron chi connectivity index (χ1n) is 6.55. The molecule has 2 heterocycles. The second kappa shape index (κ2) is 5.84. The minimum Gasteiger partial charge on any atom is -0.296 e. The Morgan fingerprint density at radius 1 is 0.909 bits per heavy atom. The SMILES string of the molecule is C=C(Cn1cc(C)c(=O)[nH]c1=O)Cn1cc(C)c(=O)[nH]c1=O. The second-order valence-corrected chi connectivity index (χ2v) is 5.15. The van der Waals surface area contributed by atoms with E-state index in [1.807, 2.05) is 0 Å². The summed E-state index contributed by atoms with van der Waals surface area (Å²) in [4.78, 5) is 50.4. The smallest absolute Gasteiger partial charge is 0.296 e. The summed E-state index contributed by atoms with van der Waals surface area (Å²) in [5.41, 5.74) is -0.557. The number of allylic oxidation sites excluding steroid dienone is 1. The molecule has 2 aromatic rings. The Morgan fingerprint density at radius 2 is 1.27 bits per heavy atom. The minimum absolute atomic E-state index is 0.154. The number of nitrogens with one attached hydrogen (secondary N) is 2. The van der Waals surface area contributed by atoms with Crippen LogP contribution in [-0.4, -0.2) is 19.1 Å². The van der Waals surface area contributed by atoms with Crippen molar-refractivity contribution in [1.29, 1.82) is 0 Å². The van der Waals surface area contributed by atoms with E-state index in [0.717, 1.165) is 0 Å². The fraction of sp³-hybridized carbons (Fsp3) is 0.286. The van der Waals surface area contributed by atoms with Crippen LogP contribution in [0.3, 0.4) is 0 Å². The van der Waals surface area contributed by atoms with Gasteiger partial charge in [0.05, 0.1) is 0 Å². The third-order valence-corrected chi connectivity index (χ3v) is 3.17. The molecular formula is C14H16N4O4. The summed E-state index contributed by atoms with van der Waals surface area (Å²) in [6, 6.07) is 0. The lowest BCUT2D eigenvalue weighted by atomic mass is 10.2. The van der Waals surface area contributed by atoms with Crippen LogP contribution in [0.1, 0.15) is 11.1 Å². The largest absolute Gasteiger partial charge is 0.328 e. The topological polar surface area (TPSA) is 110 Å². The Kier molecular flexibility index (Phi) is 4.11. The van der Waals surface area contributed by atoms with Crippen molar-refractivity contribution >= 4 is 0 Å². The van der Waals surface area contributed by atoms with Crippen LogP contribution in [0.2, 0.25) is 0 Å². The third-order valence-electron chi connectivity index (χ3n) is 3.17. The molecule has 2 N–H and O–H groups in total. The van der Waals surface area contributed by atoms with E-state index in [-0.39, 0.29) is 13.1 Å². The Morgan fingerprint density at radius 3 is 1.64 bits per heavy atom. The molecule has 0 unspecified atom stereocenters. The number of aryl methyl sites for hydroxylation is 2. The highest BCUT2D eigenvalue weighted by Crippen LogP contribution is 1.99. The van der Waals surface area contributed by atoms with Crippen LogP contribution in [0.4, 0.5) is 0 Å². The zero-order valence-corrected chi connectivity index (χ0v) is 12.3. The number of hydrogen-bond donors (Lipinski definition) is 2. The van der Waals surface area contributed by atoms with E-state index in [1.54, 1.807) is 13.8 Å². The molecule has 8 nitrogen and oxygen atoms in total. The summed E-state index contributed by atoms with van der Waals surface area (Å²) >= 11 is 0. The summed E-state index contributed by atoms with van der Waals surface area (Å²) in [6.45, 7) is 7.32. The fourth-order valence-electron chi connectivity index (χ4n) is 2.00. The monoisotopic (exact) mass is 304 g/mol.